The van der Waals surface area contributed by atoms with Gasteiger partial charge < -0.3 is 24.4 Å². The van der Waals surface area contributed by atoms with Gasteiger partial charge in [-0.3, -0.25) is 0 Å². The van der Waals surface area contributed by atoms with Crippen LogP contribution in [-0.4, -0.2) is 38.9 Å². The van der Waals surface area contributed by atoms with Gasteiger partial charge in [-0.05, 0) is 72.6 Å². The maximum atomic E-state index is 14.8. The lowest BCUT2D eigenvalue weighted by atomic mass is 9.99. The van der Waals surface area contributed by atoms with Crippen molar-refractivity contribution in [2.75, 3.05) is 31.7 Å². The van der Waals surface area contributed by atoms with Gasteiger partial charge in [0.2, 0.25) is 0 Å². The average molecular weight is 515 g/mol. The summed E-state index contributed by atoms with van der Waals surface area (Å²) < 4.78 is 31.0. The van der Waals surface area contributed by atoms with E-state index in [0.29, 0.717) is 30.9 Å². The number of nitrogens with one attached hydrogen (secondary N) is 1. The van der Waals surface area contributed by atoms with Gasteiger partial charge in [0.05, 0.1) is 19.3 Å². The van der Waals surface area contributed by atoms with Crippen molar-refractivity contribution in [3.8, 4) is 11.5 Å². The highest BCUT2D eigenvalue weighted by Crippen LogP contribution is 2.40. The van der Waals surface area contributed by atoms with Crippen LogP contribution in [0.25, 0.3) is 10.8 Å². The van der Waals surface area contributed by atoms with Gasteiger partial charge in [0.25, 0.3) is 0 Å². The van der Waals surface area contributed by atoms with E-state index in [9.17, 15) is 9.18 Å². The maximum Gasteiger partial charge on any atom is 0.343 e. The highest BCUT2D eigenvalue weighted by atomic mass is 19.1. The van der Waals surface area contributed by atoms with E-state index in [1.807, 2.05) is 18.2 Å². The number of hydrogen-bond acceptors (Lipinski definition) is 6. The number of carbonyl (C=O) groups excluding carboxylic acids is 1. The molecule has 0 spiro atoms. The molecule has 0 aliphatic carbocycles. The number of esters is 1. The number of carbonyl (C=O) groups is 1. The molecule has 0 radical (unpaired) electrons. The van der Waals surface area contributed by atoms with Gasteiger partial charge in [0.15, 0.2) is 18.2 Å². The SMILES string of the molecule is COC(=O)COc1ccc(N2CC(CCN[C@H](C)c3cccc4ccccc34)Oc3c(F)cccc32)cc1. The summed E-state index contributed by atoms with van der Waals surface area (Å²) >= 11 is 0. The van der Waals surface area contributed by atoms with Crippen LogP contribution in [0.5, 0.6) is 11.5 Å². The highest BCUT2D eigenvalue weighted by molar-refractivity contribution is 5.86. The smallest absolute Gasteiger partial charge is 0.343 e. The second-order valence-electron chi connectivity index (χ2n) is 9.33. The Morgan fingerprint density at radius 3 is 2.63 bits per heavy atom. The molecular weight excluding hydrogens is 483 g/mol. The lowest BCUT2D eigenvalue weighted by Crippen LogP contribution is -2.39. The fourth-order valence-electron chi connectivity index (χ4n) is 4.85. The second-order valence-corrected chi connectivity index (χ2v) is 9.33. The Balaban J connectivity index is 1.27. The number of anilines is 2. The van der Waals surface area contributed by atoms with E-state index >= 15 is 0 Å². The number of ether oxygens (including phenoxy) is 3. The number of hydrogen-bond donors (Lipinski definition) is 1. The Labute approximate surface area is 221 Å². The largest absolute Gasteiger partial charge is 0.483 e. The van der Waals surface area contributed by atoms with Crippen LogP contribution in [0.4, 0.5) is 15.8 Å². The fourth-order valence-corrected chi connectivity index (χ4v) is 4.85. The van der Waals surface area contributed by atoms with Gasteiger partial charge in [0, 0.05) is 11.7 Å². The Kier molecular flexibility index (Phi) is 7.75. The molecule has 1 N–H and O–H groups in total. The molecule has 0 aromatic heterocycles. The molecule has 2 atom stereocenters. The molecule has 1 unspecified atom stereocenters. The maximum absolute atomic E-state index is 14.8. The van der Waals surface area contributed by atoms with Gasteiger partial charge in [0.1, 0.15) is 11.9 Å². The Morgan fingerprint density at radius 1 is 1.05 bits per heavy atom. The monoisotopic (exact) mass is 514 g/mol. The standard InChI is InChI=1S/C31H31FN2O4/c1-21(26-10-5-8-22-7-3-4-9-27(22)26)33-18-17-25-19-34(29-12-6-11-28(32)31(29)38-25)23-13-15-24(16-14-23)37-20-30(35)36-2/h3-16,21,25,33H,17-20H2,1-2H3/t21-,25?/m1/s1. The predicted octanol–water partition coefficient (Wildman–Crippen LogP) is 6.17. The first-order valence-corrected chi connectivity index (χ1v) is 12.8. The van der Waals surface area contributed by atoms with Crippen molar-refractivity contribution in [1.82, 2.24) is 5.32 Å². The average Bonchev–Trinajstić information content (AvgIpc) is 2.96. The van der Waals surface area contributed by atoms with Crippen molar-refractivity contribution in [3.05, 3.63) is 96.3 Å². The van der Waals surface area contributed by atoms with Gasteiger partial charge in [-0.2, -0.15) is 0 Å². The zero-order valence-electron chi connectivity index (χ0n) is 21.5. The van der Waals surface area contributed by atoms with Crippen LogP contribution in [0.3, 0.4) is 0 Å². The van der Waals surface area contributed by atoms with Crippen molar-refractivity contribution in [3.63, 3.8) is 0 Å². The molecule has 0 saturated carbocycles. The van der Waals surface area contributed by atoms with Gasteiger partial charge in [-0.25, -0.2) is 9.18 Å². The third kappa shape index (κ3) is 5.58. The van der Waals surface area contributed by atoms with Gasteiger partial charge in [-0.1, -0.05) is 48.5 Å². The first kappa shape index (κ1) is 25.5. The third-order valence-electron chi connectivity index (χ3n) is 6.85. The molecular formula is C31H31FN2O4. The molecule has 4 aromatic carbocycles. The summed E-state index contributed by atoms with van der Waals surface area (Å²) in [6.45, 7) is 3.29. The first-order chi connectivity index (χ1) is 18.5. The quantitative estimate of drug-likeness (QED) is 0.270. The summed E-state index contributed by atoms with van der Waals surface area (Å²) in [5.74, 6) is -0.0166. The van der Waals surface area contributed by atoms with Crippen LogP contribution < -0.4 is 19.7 Å². The molecule has 0 saturated heterocycles. The number of methoxy groups -OCH3 is 1. The summed E-state index contributed by atoms with van der Waals surface area (Å²) in [5, 5.41) is 6.08. The lowest BCUT2D eigenvalue weighted by molar-refractivity contribution is -0.142. The molecule has 6 nitrogen and oxygen atoms in total. The van der Waals surface area contributed by atoms with E-state index in [0.717, 1.165) is 5.69 Å². The summed E-state index contributed by atoms with van der Waals surface area (Å²) in [6.07, 6.45) is 0.501. The summed E-state index contributed by atoms with van der Waals surface area (Å²) in [5.41, 5.74) is 2.81. The molecule has 4 aromatic rings. The van der Waals surface area contributed by atoms with Crippen molar-refractivity contribution in [1.29, 1.82) is 0 Å². The Bertz CT molecular complexity index is 1400. The van der Waals surface area contributed by atoms with Crippen molar-refractivity contribution in [2.24, 2.45) is 0 Å². The van der Waals surface area contributed by atoms with E-state index in [2.05, 4.69) is 64.3 Å². The number of rotatable bonds is 9. The van der Waals surface area contributed by atoms with Crippen molar-refractivity contribution < 1.29 is 23.4 Å². The molecule has 1 heterocycles. The van der Waals surface area contributed by atoms with E-state index < -0.39 is 5.97 Å². The minimum absolute atomic E-state index is 0.155. The summed E-state index contributed by atoms with van der Waals surface area (Å²) in [7, 11) is 1.32. The number of halogens is 1. The second kappa shape index (κ2) is 11.5. The van der Waals surface area contributed by atoms with Crippen molar-refractivity contribution >= 4 is 28.1 Å². The molecule has 0 amide bonds. The third-order valence-corrected chi connectivity index (χ3v) is 6.85. The molecule has 38 heavy (non-hydrogen) atoms. The zero-order valence-corrected chi connectivity index (χ0v) is 21.5. The number of nitrogens with zero attached hydrogens (tertiary/aromatic N) is 1. The van der Waals surface area contributed by atoms with E-state index in [-0.39, 0.29) is 30.3 Å². The minimum atomic E-state index is -0.446. The molecule has 196 valence electrons. The first-order valence-electron chi connectivity index (χ1n) is 12.8. The molecule has 7 heteroatoms. The normalized spacial score (nSPS) is 15.4. The van der Waals surface area contributed by atoms with Crippen LogP contribution in [0.15, 0.2) is 84.9 Å². The van der Waals surface area contributed by atoms with Gasteiger partial charge >= 0.3 is 5.97 Å². The zero-order chi connectivity index (χ0) is 26.5. The van der Waals surface area contributed by atoms with Crippen LogP contribution in [0.1, 0.15) is 24.9 Å². The number of fused-ring (bicyclic) bond motifs is 2. The van der Waals surface area contributed by atoms with Crippen molar-refractivity contribution in [2.45, 2.75) is 25.5 Å². The summed E-state index contributed by atoms with van der Waals surface area (Å²) in [6, 6.07) is 27.2. The van der Waals surface area contributed by atoms with E-state index in [1.54, 1.807) is 18.2 Å². The topological polar surface area (TPSA) is 60.0 Å². The highest BCUT2D eigenvalue weighted by Gasteiger charge is 2.29. The fraction of sp³-hybridized carbons (Fsp3) is 0.258. The predicted molar refractivity (Wildman–Crippen MR) is 147 cm³/mol. The Morgan fingerprint density at radius 2 is 1.82 bits per heavy atom. The minimum Gasteiger partial charge on any atom is -0.483 e. The molecule has 0 fully saturated rings. The number of benzene rings is 4. The molecule has 1 aliphatic heterocycles. The van der Waals surface area contributed by atoms with Gasteiger partial charge in [-0.15, -0.1) is 0 Å². The van der Waals surface area contributed by atoms with Crippen LogP contribution >= 0.6 is 0 Å². The molecule has 1 aliphatic rings. The van der Waals surface area contributed by atoms with Crippen LogP contribution in [0, 0.1) is 5.82 Å². The lowest BCUT2D eigenvalue weighted by Gasteiger charge is -2.36. The Hall–Kier alpha value is -4.10. The molecule has 5 rings (SSSR count). The summed E-state index contributed by atoms with van der Waals surface area (Å²) in [4.78, 5) is 13.4. The van der Waals surface area contributed by atoms with E-state index in [1.165, 1.54) is 29.5 Å². The van der Waals surface area contributed by atoms with E-state index in [4.69, 9.17) is 9.47 Å². The molecule has 0 bridgehead atoms. The van der Waals surface area contributed by atoms with Crippen LogP contribution in [-0.2, 0) is 9.53 Å². The van der Waals surface area contributed by atoms with Crippen LogP contribution in [0.2, 0.25) is 0 Å². The number of para-hydroxylation sites is 1.